The van der Waals surface area contributed by atoms with E-state index in [9.17, 15) is 5.11 Å². The van der Waals surface area contributed by atoms with Gasteiger partial charge < -0.3 is 10.2 Å². The van der Waals surface area contributed by atoms with Crippen LogP contribution >= 0.6 is 0 Å². The molecule has 0 bridgehead atoms. The molecular formula is C17H36O2. The van der Waals surface area contributed by atoms with Gasteiger partial charge in [0.05, 0.1) is 5.60 Å². The molecule has 0 aliphatic rings. The first-order valence-corrected chi connectivity index (χ1v) is 8.39. The van der Waals surface area contributed by atoms with E-state index in [4.69, 9.17) is 5.11 Å². The Morgan fingerprint density at radius 3 is 1.21 bits per heavy atom. The minimum atomic E-state index is -0.476. The first-order chi connectivity index (χ1) is 9.06. The molecule has 0 heterocycles. The first kappa shape index (κ1) is 18.9. The average molecular weight is 272 g/mol. The summed E-state index contributed by atoms with van der Waals surface area (Å²) in [5.74, 6) is 0. The second-order valence-electron chi connectivity index (χ2n) is 6.53. The molecule has 0 aliphatic heterocycles. The van der Waals surface area contributed by atoms with Crippen molar-refractivity contribution in [3.05, 3.63) is 0 Å². The maximum Gasteiger partial charge on any atom is 0.0591 e. The second-order valence-corrected chi connectivity index (χ2v) is 6.53. The topological polar surface area (TPSA) is 40.5 Å². The lowest BCUT2D eigenvalue weighted by Crippen LogP contribution is -2.17. The Hall–Kier alpha value is -0.0800. The molecule has 0 aromatic carbocycles. The lowest BCUT2D eigenvalue weighted by atomic mass is 9.99. The average Bonchev–Trinajstić information content (AvgIpc) is 2.34. The smallest absolute Gasteiger partial charge is 0.0591 e. The van der Waals surface area contributed by atoms with Crippen LogP contribution < -0.4 is 0 Å². The SMILES string of the molecule is CC(C)(O)CCCCCCCCCCCCCCO. The molecule has 0 spiro atoms. The van der Waals surface area contributed by atoms with Crippen LogP contribution in [0.2, 0.25) is 0 Å². The molecule has 2 nitrogen and oxygen atoms in total. The molecule has 116 valence electrons. The fraction of sp³-hybridized carbons (Fsp3) is 1.00. The van der Waals surface area contributed by atoms with Crippen LogP contribution in [0.15, 0.2) is 0 Å². The van der Waals surface area contributed by atoms with E-state index < -0.39 is 5.60 Å². The zero-order chi connectivity index (χ0) is 14.4. The van der Waals surface area contributed by atoms with Crippen molar-refractivity contribution in [3.8, 4) is 0 Å². The van der Waals surface area contributed by atoms with Gasteiger partial charge in [-0.2, -0.15) is 0 Å². The minimum absolute atomic E-state index is 0.355. The highest BCUT2D eigenvalue weighted by atomic mass is 16.3. The third-order valence-corrected chi connectivity index (χ3v) is 3.70. The fourth-order valence-corrected chi connectivity index (χ4v) is 2.44. The third-order valence-electron chi connectivity index (χ3n) is 3.70. The predicted molar refractivity (Wildman–Crippen MR) is 83.4 cm³/mol. The van der Waals surface area contributed by atoms with Gasteiger partial charge in [-0.1, -0.05) is 70.6 Å². The molecule has 0 saturated heterocycles. The monoisotopic (exact) mass is 272 g/mol. The molecule has 0 unspecified atom stereocenters. The minimum Gasteiger partial charge on any atom is -0.396 e. The zero-order valence-corrected chi connectivity index (χ0v) is 13.3. The Morgan fingerprint density at radius 2 is 0.895 bits per heavy atom. The zero-order valence-electron chi connectivity index (χ0n) is 13.3. The molecule has 0 aromatic heterocycles. The number of aliphatic hydroxyl groups is 2. The van der Waals surface area contributed by atoms with Gasteiger partial charge in [-0.15, -0.1) is 0 Å². The quantitative estimate of drug-likeness (QED) is 0.445. The molecule has 0 aliphatic carbocycles. The molecule has 2 N–H and O–H groups in total. The molecule has 0 fully saturated rings. The van der Waals surface area contributed by atoms with Crippen molar-refractivity contribution in [1.29, 1.82) is 0 Å². The lowest BCUT2D eigenvalue weighted by molar-refractivity contribution is 0.0680. The van der Waals surface area contributed by atoms with E-state index in [1.807, 2.05) is 13.8 Å². The van der Waals surface area contributed by atoms with Crippen molar-refractivity contribution in [3.63, 3.8) is 0 Å². The van der Waals surface area contributed by atoms with E-state index in [1.165, 1.54) is 64.2 Å². The van der Waals surface area contributed by atoms with E-state index in [0.717, 1.165) is 19.3 Å². The summed E-state index contributed by atoms with van der Waals surface area (Å²) in [6, 6.07) is 0. The van der Waals surface area contributed by atoms with Crippen LogP contribution in [0.5, 0.6) is 0 Å². The van der Waals surface area contributed by atoms with Gasteiger partial charge in [0.15, 0.2) is 0 Å². The number of aliphatic hydroxyl groups excluding tert-OH is 1. The summed E-state index contributed by atoms with van der Waals surface area (Å²) >= 11 is 0. The van der Waals surface area contributed by atoms with Crippen LogP contribution in [0.3, 0.4) is 0 Å². The molecule has 0 aromatic rings. The summed E-state index contributed by atoms with van der Waals surface area (Å²) in [6.07, 6.45) is 16.3. The van der Waals surface area contributed by atoms with E-state index in [0.29, 0.717) is 6.61 Å². The maximum absolute atomic E-state index is 9.58. The van der Waals surface area contributed by atoms with Gasteiger partial charge in [-0.05, 0) is 26.7 Å². The van der Waals surface area contributed by atoms with Crippen LogP contribution in [0.1, 0.15) is 97.3 Å². The largest absolute Gasteiger partial charge is 0.396 e. The number of hydrogen-bond acceptors (Lipinski definition) is 2. The summed E-state index contributed by atoms with van der Waals surface area (Å²) in [4.78, 5) is 0. The van der Waals surface area contributed by atoms with Crippen LogP contribution in [0, 0.1) is 0 Å². The number of rotatable bonds is 14. The van der Waals surface area contributed by atoms with E-state index in [1.54, 1.807) is 0 Å². The van der Waals surface area contributed by atoms with Gasteiger partial charge in [0.1, 0.15) is 0 Å². The molecule has 19 heavy (non-hydrogen) atoms. The van der Waals surface area contributed by atoms with Crippen molar-refractivity contribution in [2.75, 3.05) is 6.61 Å². The van der Waals surface area contributed by atoms with E-state index >= 15 is 0 Å². The van der Waals surface area contributed by atoms with Gasteiger partial charge >= 0.3 is 0 Å². The van der Waals surface area contributed by atoms with Crippen molar-refractivity contribution in [2.24, 2.45) is 0 Å². The summed E-state index contributed by atoms with van der Waals surface area (Å²) in [6.45, 7) is 4.15. The number of unbranched alkanes of at least 4 members (excludes halogenated alkanes) is 11. The van der Waals surface area contributed by atoms with Gasteiger partial charge in [-0.3, -0.25) is 0 Å². The number of hydrogen-bond donors (Lipinski definition) is 2. The second kappa shape index (κ2) is 12.9. The van der Waals surface area contributed by atoms with Crippen molar-refractivity contribution < 1.29 is 10.2 Å². The van der Waals surface area contributed by atoms with Gasteiger partial charge in [0, 0.05) is 6.61 Å². The Bertz CT molecular complexity index is 173. The summed E-state index contributed by atoms with van der Waals surface area (Å²) in [5.41, 5.74) is -0.476. The van der Waals surface area contributed by atoms with E-state index in [2.05, 4.69) is 0 Å². The maximum atomic E-state index is 9.58. The van der Waals surface area contributed by atoms with Crippen LogP contribution in [0.25, 0.3) is 0 Å². The standard InChI is InChI=1S/C17H36O2/c1-17(2,19)15-13-11-9-7-5-3-4-6-8-10-12-14-16-18/h18-19H,3-16H2,1-2H3. The highest BCUT2D eigenvalue weighted by molar-refractivity contribution is 4.64. The highest BCUT2D eigenvalue weighted by Crippen LogP contribution is 2.16. The Labute approximate surface area is 120 Å². The van der Waals surface area contributed by atoms with Crippen LogP contribution in [0.4, 0.5) is 0 Å². The highest BCUT2D eigenvalue weighted by Gasteiger charge is 2.10. The van der Waals surface area contributed by atoms with Gasteiger partial charge in [0.2, 0.25) is 0 Å². The summed E-state index contributed by atoms with van der Waals surface area (Å²) < 4.78 is 0. The Morgan fingerprint density at radius 1 is 0.579 bits per heavy atom. The van der Waals surface area contributed by atoms with Gasteiger partial charge in [0.25, 0.3) is 0 Å². The summed E-state index contributed by atoms with van der Waals surface area (Å²) in [7, 11) is 0. The molecule has 0 atom stereocenters. The Balaban J connectivity index is 2.99. The molecule has 2 heteroatoms. The lowest BCUT2D eigenvalue weighted by Gasteiger charge is -2.16. The fourth-order valence-electron chi connectivity index (χ4n) is 2.44. The summed E-state index contributed by atoms with van der Waals surface area (Å²) in [5, 5.41) is 18.2. The molecule has 0 saturated carbocycles. The Kier molecular flexibility index (Phi) is 12.9. The van der Waals surface area contributed by atoms with Crippen molar-refractivity contribution in [2.45, 2.75) is 103 Å². The van der Waals surface area contributed by atoms with Crippen LogP contribution in [-0.2, 0) is 0 Å². The molecule has 0 amide bonds. The van der Waals surface area contributed by atoms with Crippen molar-refractivity contribution >= 4 is 0 Å². The van der Waals surface area contributed by atoms with Crippen molar-refractivity contribution in [1.82, 2.24) is 0 Å². The third kappa shape index (κ3) is 17.9. The van der Waals surface area contributed by atoms with E-state index in [-0.39, 0.29) is 0 Å². The molecule has 0 rings (SSSR count). The first-order valence-electron chi connectivity index (χ1n) is 8.39. The van der Waals surface area contributed by atoms with Crippen LogP contribution in [-0.4, -0.2) is 22.4 Å². The molecular weight excluding hydrogens is 236 g/mol. The predicted octanol–water partition coefficient (Wildman–Crippen LogP) is 4.82. The molecule has 0 radical (unpaired) electrons. The van der Waals surface area contributed by atoms with Gasteiger partial charge in [-0.25, -0.2) is 0 Å². The normalized spacial score (nSPS) is 12.0.